The standard InChI is InChI=1S/C16H24BrN3O3S/c1-12-15(4-3-11-20(12)2)19-16(21)9-10-18-24(22,23)14-7-5-13(17)6-8-14/h5-8,12,15,18H,3-4,9-11H2,1-2H3,(H,19,21)/t12-,15-/m0/s1. The molecular formula is C16H24BrN3O3S. The van der Waals surface area contributed by atoms with E-state index in [1.807, 2.05) is 0 Å². The van der Waals surface area contributed by atoms with Crippen LogP contribution >= 0.6 is 15.9 Å². The first-order valence-corrected chi connectivity index (χ1v) is 10.3. The molecule has 1 amide bonds. The zero-order valence-corrected chi connectivity index (χ0v) is 16.4. The van der Waals surface area contributed by atoms with Crippen molar-refractivity contribution in [1.82, 2.24) is 14.9 Å². The lowest BCUT2D eigenvalue weighted by atomic mass is 9.98. The van der Waals surface area contributed by atoms with E-state index in [0.29, 0.717) is 6.04 Å². The zero-order valence-electron chi connectivity index (χ0n) is 14.0. The highest BCUT2D eigenvalue weighted by atomic mass is 79.9. The van der Waals surface area contributed by atoms with Crippen LogP contribution in [0.3, 0.4) is 0 Å². The fraction of sp³-hybridized carbons (Fsp3) is 0.562. The first kappa shape index (κ1) is 19.4. The van der Waals surface area contributed by atoms with Gasteiger partial charge in [-0.25, -0.2) is 13.1 Å². The monoisotopic (exact) mass is 417 g/mol. The van der Waals surface area contributed by atoms with Crippen LogP contribution in [0.15, 0.2) is 33.6 Å². The predicted molar refractivity (Wildman–Crippen MR) is 97.2 cm³/mol. The quantitative estimate of drug-likeness (QED) is 0.738. The number of halogens is 1. The first-order valence-electron chi connectivity index (χ1n) is 8.04. The highest BCUT2D eigenvalue weighted by Gasteiger charge is 2.26. The molecular weight excluding hydrogens is 394 g/mol. The third kappa shape index (κ3) is 5.27. The van der Waals surface area contributed by atoms with Crippen molar-refractivity contribution in [2.24, 2.45) is 0 Å². The van der Waals surface area contributed by atoms with Crippen molar-refractivity contribution < 1.29 is 13.2 Å². The number of piperidine rings is 1. The Morgan fingerprint density at radius 3 is 2.67 bits per heavy atom. The Morgan fingerprint density at radius 2 is 2.00 bits per heavy atom. The maximum Gasteiger partial charge on any atom is 0.240 e. The molecule has 0 bridgehead atoms. The molecule has 1 aliphatic heterocycles. The molecule has 1 saturated heterocycles. The van der Waals surface area contributed by atoms with Gasteiger partial charge >= 0.3 is 0 Å². The van der Waals surface area contributed by atoms with Crippen LogP contribution < -0.4 is 10.0 Å². The Kier molecular flexibility index (Phi) is 6.79. The van der Waals surface area contributed by atoms with Crippen LogP contribution in [0.25, 0.3) is 0 Å². The third-order valence-electron chi connectivity index (χ3n) is 4.42. The van der Waals surface area contributed by atoms with E-state index in [1.54, 1.807) is 12.1 Å². The van der Waals surface area contributed by atoms with Crippen LogP contribution in [0.2, 0.25) is 0 Å². The molecule has 0 spiro atoms. The molecule has 2 rings (SSSR count). The molecule has 2 N–H and O–H groups in total. The van der Waals surface area contributed by atoms with Crippen molar-refractivity contribution in [1.29, 1.82) is 0 Å². The maximum atomic E-state index is 12.1. The first-order chi connectivity index (χ1) is 11.3. The molecule has 134 valence electrons. The smallest absolute Gasteiger partial charge is 0.240 e. The molecule has 0 saturated carbocycles. The van der Waals surface area contributed by atoms with E-state index < -0.39 is 10.0 Å². The van der Waals surface area contributed by atoms with Crippen LogP contribution in [-0.4, -0.2) is 51.4 Å². The molecule has 1 heterocycles. The van der Waals surface area contributed by atoms with E-state index in [9.17, 15) is 13.2 Å². The van der Waals surface area contributed by atoms with E-state index >= 15 is 0 Å². The number of carbonyl (C=O) groups excluding carboxylic acids is 1. The van der Waals surface area contributed by atoms with Crippen LogP contribution in [0.4, 0.5) is 0 Å². The lowest BCUT2D eigenvalue weighted by Crippen LogP contribution is -2.52. The van der Waals surface area contributed by atoms with Crippen LogP contribution in [0.1, 0.15) is 26.2 Å². The molecule has 1 aromatic carbocycles. The van der Waals surface area contributed by atoms with Gasteiger partial charge in [-0.15, -0.1) is 0 Å². The van der Waals surface area contributed by atoms with Gasteiger partial charge in [-0.3, -0.25) is 4.79 Å². The van der Waals surface area contributed by atoms with Crippen molar-refractivity contribution >= 4 is 31.9 Å². The van der Waals surface area contributed by atoms with Gasteiger partial charge in [0, 0.05) is 29.5 Å². The highest BCUT2D eigenvalue weighted by Crippen LogP contribution is 2.16. The minimum atomic E-state index is -3.58. The summed E-state index contributed by atoms with van der Waals surface area (Å²) in [5.41, 5.74) is 0. The van der Waals surface area contributed by atoms with Crippen molar-refractivity contribution in [3.05, 3.63) is 28.7 Å². The number of nitrogens with zero attached hydrogens (tertiary/aromatic N) is 1. The van der Waals surface area contributed by atoms with E-state index in [4.69, 9.17) is 0 Å². The van der Waals surface area contributed by atoms with Crippen molar-refractivity contribution in [2.75, 3.05) is 20.1 Å². The Hall–Kier alpha value is -0.960. The molecule has 8 heteroatoms. The fourth-order valence-corrected chi connectivity index (χ4v) is 4.08. The Balaban J connectivity index is 1.80. The van der Waals surface area contributed by atoms with E-state index in [-0.39, 0.29) is 29.8 Å². The minimum Gasteiger partial charge on any atom is -0.352 e. The van der Waals surface area contributed by atoms with Gasteiger partial charge in [0.2, 0.25) is 15.9 Å². The predicted octanol–water partition coefficient (Wildman–Crippen LogP) is 1.72. The summed E-state index contributed by atoms with van der Waals surface area (Å²) < 4.78 is 27.6. The topological polar surface area (TPSA) is 78.5 Å². The minimum absolute atomic E-state index is 0.0845. The average molecular weight is 418 g/mol. The Morgan fingerprint density at radius 1 is 1.33 bits per heavy atom. The lowest BCUT2D eigenvalue weighted by Gasteiger charge is -2.37. The van der Waals surface area contributed by atoms with Crippen molar-refractivity contribution in [3.8, 4) is 0 Å². The second-order valence-corrected chi connectivity index (χ2v) is 8.82. The van der Waals surface area contributed by atoms with Gasteiger partial charge in [0.15, 0.2) is 0 Å². The number of likely N-dealkylation sites (N-methyl/N-ethyl adjacent to an activating group) is 1. The lowest BCUT2D eigenvalue weighted by molar-refractivity contribution is -0.122. The fourth-order valence-electron chi connectivity index (χ4n) is 2.78. The van der Waals surface area contributed by atoms with Crippen molar-refractivity contribution in [2.45, 2.75) is 43.2 Å². The highest BCUT2D eigenvalue weighted by molar-refractivity contribution is 9.10. The zero-order chi connectivity index (χ0) is 17.7. The number of amides is 1. The average Bonchev–Trinajstić information content (AvgIpc) is 2.52. The number of nitrogens with one attached hydrogen (secondary N) is 2. The van der Waals surface area contributed by atoms with Crippen molar-refractivity contribution in [3.63, 3.8) is 0 Å². The molecule has 0 unspecified atom stereocenters. The second-order valence-electron chi connectivity index (χ2n) is 6.14. The van der Waals surface area contributed by atoms with Gasteiger partial charge in [0.05, 0.1) is 4.90 Å². The van der Waals surface area contributed by atoms with Gasteiger partial charge < -0.3 is 10.2 Å². The Labute approximate surface area is 152 Å². The normalized spacial score (nSPS) is 22.3. The molecule has 0 aliphatic carbocycles. The summed E-state index contributed by atoms with van der Waals surface area (Å²) in [5.74, 6) is -0.124. The van der Waals surface area contributed by atoms with Gasteiger partial charge in [0.1, 0.15) is 0 Å². The third-order valence-corrected chi connectivity index (χ3v) is 6.42. The number of carbonyl (C=O) groups is 1. The summed E-state index contributed by atoms with van der Waals surface area (Å²) in [5, 5.41) is 3.01. The Bertz CT molecular complexity index is 664. The molecule has 1 aromatic rings. The molecule has 1 aliphatic rings. The summed E-state index contributed by atoms with van der Waals surface area (Å²) in [6.45, 7) is 3.22. The number of benzene rings is 1. The maximum absolute atomic E-state index is 12.1. The molecule has 0 aromatic heterocycles. The summed E-state index contributed by atoms with van der Waals surface area (Å²) >= 11 is 3.27. The number of likely N-dealkylation sites (tertiary alicyclic amines) is 1. The van der Waals surface area contributed by atoms with E-state index in [2.05, 4.69) is 44.8 Å². The van der Waals surface area contributed by atoms with Crippen LogP contribution in [0, 0.1) is 0 Å². The van der Waals surface area contributed by atoms with E-state index in [1.165, 1.54) is 12.1 Å². The largest absolute Gasteiger partial charge is 0.352 e. The number of hydrogen-bond acceptors (Lipinski definition) is 4. The summed E-state index contributed by atoms with van der Waals surface area (Å²) in [7, 11) is -1.53. The van der Waals surface area contributed by atoms with Gasteiger partial charge in [-0.2, -0.15) is 0 Å². The SMILES string of the molecule is C[C@H]1[C@@H](NC(=O)CCNS(=O)(=O)c2ccc(Br)cc2)CCCN1C. The van der Waals surface area contributed by atoms with Crippen LogP contribution in [0.5, 0.6) is 0 Å². The van der Waals surface area contributed by atoms with Gasteiger partial charge in [-0.05, 0) is 57.6 Å². The second kappa shape index (κ2) is 8.42. The number of hydrogen-bond donors (Lipinski definition) is 2. The molecule has 2 atom stereocenters. The summed E-state index contributed by atoms with van der Waals surface area (Å²) in [6, 6.07) is 6.80. The molecule has 24 heavy (non-hydrogen) atoms. The summed E-state index contributed by atoms with van der Waals surface area (Å²) in [6.07, 6.45) is 2.15. The van der Waals surface area contributed by atoms with E-state index in [0.717, 1.165) is 23.9 Å². The molecule has 0 radical (unpaired) electrons. The van der Waals surface area contributed by atoms with Crippen LogP contribution in [-0.2, 0) is 14.8 Å². The molecule has 6 nitrogen and oxygen atoms in total. The van der Waals surface area contributed by atoms with Gasteiger partial charge in [-0.1, -0.05) is 15.9 Å². The number of sulfonamides is 1. The van der Waals surface area contributed by atoms with Gasteiger partial charge in [0.25, 0.3) is 0 Å². The summed E-state index contributed by atoms with van der Waals surface area (Å²) in [4.78, 5) is 14.5. The molecule has 1 fully saturated rings. The number of rotatable bonds is 6.